The number of hydrogen-bond donors (Lipinski definition) is 1. The van der Waals surface area contributed by atoms with Crippen LogP contribution in [-0.4, -0.2) is 60.0 Å². The number of nitrogens with one attached hydrogen (secondary N) is 1. The summed E-state index contributed by atoms with van der Waals surface area (Å²) in [7, 11) is -3.51. The third-order valence-electron chi connectivity index (χ3n) is 6.34. The average Bonchev–Trinajstić information content (AvgIpc) is 3.14. The van der Waals surface area contributed by atoms with E-state index in [0.29, 0.717) is 54.3 Å². The summed E-state index contributed by atoms with van der Waals surface area (Å²) in [5, 5.41) is 1.80. The Labute approximate surface area is 217 Å². The van der Waals surface area contributed by atoms with Crippen LogP contribution in [0.25, 0.3) is 6.08 Å². The molecule has 3 aliphatic rings. The van der Waals surface area contributed by atoms with Crippen molar-refractivity contribution in [2.45, 2.75) is 4.90 Å². The van der Waals surface area contributed by atoms with E-state index in [1.807, 2.05) is 23.1 Å². The summed E-state index contributed by atoms with van der Waals surface area (Å²) in [5.74, 6) is 0.818. The van der Waals surface area contributed by atoms with Gasteiger partial charge < -0.3 is 9.64 Å². The maximum Gasteiger partial charge on any atom is 0.290 e. The number of carbonyl (C=O) groups is 2. The average molecular weight is 536 g/mol. The molecule has 6 rings (SSSR count). The van der Waals surface area contributed by atoms with E-state index >= 15 is 0 Å². The predicted molar refractivity (Wildman–Crippen MR) is 138 cm³/mol. The smallest absolute Gasteiger partial charge is 0.290 e. The molecule has 1 spiro atoms. The van der Waals surface area contributed by atoms with Gasteiger partial charge in [-0.3, -0.25) is 14.9 Å². The summed E-state index contributed by atoms with van der Waals surface area (Å²) >= 11 is 0.810. The summed E-state index contributed by atoms with van der Waals surface area (Å²) in [5.41, 5.74) is 0.263. The molecule has 0 unspecified atom stereocenters. The van der Waals surface area contributed by atoms with Crippen molar-refractivity contribution >= 4 is 45.0 Å². The van der Waals surface area contributed by atoms with Gasteiger partial charge in [-0.05, 0) is 42.1 Å². The summed E-state index contributed by atoms with van der Waals surface area (Å²) in [6.07, 6.45) is 1.53. The number of thioether (sulfide) groups is 1. The van der Waals surface area contributed by atoms with Gasteiger partial charge in [0.1, 0.15) is 5.75 Å². The van der Waals surface area contributed by atoms with Crippen molar-refractivity contribution in [3.8, 4) is 11.6 Å². The lowest BCUT2D eigenvalue weighted by Gasteiger charge is -2.59. The lowest BCUT2D eigenvalue weighted by Crippen LogP contribution is -2.73. The molecular weight excluding hydrogens is 514 g/mol. The molecular formula is C25H21N5O5S2. The van der Waals surface area contributed by atoms with E-state index in [1.54, 1.807) is 48.5 Å². The van der Waals surface area contributed by atoms with Crippen LogP contribution in [0.15, 0.2) is 76.5 Å². The van der Waals surface area contributed by atoms with Crippen LogP contribution in [0.2, 0.25) is 0 Å². The van der Waals surface area contributed by atoms with Gasteiger partial charge in [0.2, 0.25) is 21.9 Å². The SMILES string of the molecule is O=C1NC(=O)/C(=C\c2cc(Oc3ccccc3)nc(N3CC4(C3)CN(S(=O)(=O)c3ccccc3)C4)n2)S1. The third kappa shape index (κ3) is 4.59. The molecule has 2 aromatic carbocycles. The number of hydrogen-bond acceptors (Lipinski definition) is 9. The lowest BCUT2D eigenvalue weighted by atomic mass is 9.74. The molecule has 0 aliphatic carbocycles. The largest absolute Gasteiger partial charge is 0.439 e. The fourth-order valence-corrected chi connectivity index (χ4v) is 6.93. The van der Waals surface area contributed by atoms with Crippen LogP contribution in [0.5, 0.6) is 11.6 Å². The van der Waals surface area contributed by atoms with Crippen LogP contribution in [0.1, 0.15) is 5.69 Å². The number of ether oxygens (including phenoxy) is 1. The van der Waals surface area contributed by atoms with Crippen molar-refractivity contribution in [1.82, 2.24) is 19.6 Å². The molecule has 188 valence electrons. The monoisotopic (exact) mass is 535 g/mol. The number of sulfonamides is 1. The Kier molecular flexibility index (Phi) is 5.74. The van der Waals surface area contributed by atoms with E-state index < -0.39 is 21.2 Å². The Morgan fingerprint density at radius 2 is 1.62 bits per heavy atom. The molecule has 1 N–H and O–H groups in total. The fourth-order valence-electron chi connectivity index (χ4n) is 4.58. The van der Waals surface area contributed by atoms with Crippen LogP contribution in [-0.2, 0) is 14.8 Å². The Balaban J connectivity index is 1.21. The minimum Gasteiger partial charge on any atom is -0.439 e. The number of amides is 2. The summed E-state index contributed by atoms with van der Waals surface area (Å²) in [6.45, 7) is 2.03. The molecule has 12 heteroatoms. The lowest BCUT2D eigenvalue weighted by molar-refractivity contribution is -0.115. The highest BCUT2D eigenvalue weighted by atomic mass is 32.2. The van der Waals surface area contributed by atoms with Crippen molar-refractivity contribution in [1.29, 1.82) is 0 Å². The molecule has 4 heterocycles. The fraction of sp³-hybridized carbons (Fsp3) is 0.200. The number of nitrogens with zero attached hydrogens (tertiary/aromatic N) is 4. The number of carbonyl (C=O) groups excluding carboxylic acids is 2. The maximum atomic E-state index is 12.9. The van der Waals surface area contributed by atoms with Gasteiger partial charge in [-0.25, -0.2) is 13.4 Å². The first-order valence-electron chi connectivity index (χ1n) is 11.5. The normalized spacial score (nSPS) is 20.0. The minimum absolute atomic E-state index is 0.159. The third-order valence-corrected chi connectivity index (χ3v) is 8.95. The van der Waals surface area contributed by atoms with Crippen LogP contribution in [0.4, 0.5) is 10.7 Å². The summed E-state index contributed by atoms with van der Waals surface area (Å²) < 4.78 is 33.2. The van der Waals surface area contributed by atoms with Crippen LogP contribution in [0, 0.1) is 5.41 Å². The second kappa shape index (κ2) is 8.98. The highest BCUT2D eigenvalue weighted by molar-refractivity contribution is 8.18. The van der Waals surface area contributed by atoms with Gasteiger partial charge in [0.05, 0.1) is 15.5 Å². The molecule has 3 saturated heterocycles. The zero-order valence-electron chi connectivity index (χ0n) is 19.4. The molecule has 37 heavy (non-hydrogen) atoms. The van der Waals surface area contributed by atoms with Gasteiger partial charge in [0, 0.05) is 37.7 Å². The van der Waals surface area contributed by atoms with E-state index in [4.69, 9.17) is 4.74 Å². The maximum absolute atomic E-state index is 12.9. The van der Waals surface area contributed by atoms with E-state index in [9.17, 15) is 18.0 Å². The Bertz CT molecular complexity index is 1520. The molecule has 2 amide bonds. The van der Waals surface area contributed by atoms with Gasteiger partial charge in [-0.2, -0.15) is 9.29 Å². The van der Waals surface area contributed by atoms with Gasteiger partial charge in [-0.15, -0.1) is 0 Å². The zero-order valence-corrected chi connectivity index (χ0v) is 21.0. The van der Waals surface area contributed by atoms with Crippen molar-refractivity contribution in [3.05, 3.63) is 77.3 Å². The van der Waals surface area contributed by atoms with Crippen LogP contribution in [0.3, 0.4) is 0 Å². The topological polar surface area (TPSA) is 122 Å². The number of para-hydroxylation sites is 1. The minimum atomic E-state index is -3.51. The second-order valence-corrected chi connectivity index (χ2v) is 12.1. The van der Waals surface area contributed by atoms with E-state index in [0.717, 1.165) is 11.8 Å². The number of aromatic nitrogens is 2. The Morgan fingerprint density at radius 1 is 0.946 bits per heavy atom. The van der Waals surface area contributed by atoms with E-state index in [-0.39, 0.29) is 10.3 Å². The quantitative estimate of drug-likeness (QED) is 0.475. The molecule has 0 atom stereocenters. The molecule has 10 nitrogen and oxygen atoms in total. The van der Waals surface area contributed by atoms with Crippen molar-refractivity contribution in [3.63, 3.8) is 0 Å². The van der Waals surface area contributed by atoms with E-state index in [2.05, 4.69) is 15.3 Å². The highest BCUT2D eigenvalue weighted by Crippen LogP contribution is 2.43. The van der Waals surface area contributed by atoms with Crippen LogP contribution >= 0.6 is 11.8 Å². The molecule has 3 aliphatic heterocycles. The van der Waals surface area contributed by atoms with E-state index in [1.165, 1.54) is 10.4 Å². The molecule has 0 saturated carbocycles. The number of benzene rings is 2. The van der Waals surface area contributed by atoms with Crippen molar-refractivity contribution < 1.29 is 22.7 Å². The zero-order chi connectivity index (χ0) is 25.6. The first-order chi connectivity index (χ1) is 17.8. The Hall–Kier alpha value is -3.74. The second-order valence-electron chi connectivity index (χ2n) is 9.14. The molecule has 0 radical (unpaired) electrons. The number of imide groups is 1. The molecule has 3 fully saturated rings. The standard InChI is InChI=1S/C25H21N5O5S2/c31-22-20(36-24(32)28-22)11-17-12-21(35-18-7-3-1-4-8-18)27-23(26-17)29-13-25(14-29)15-30(16-25)37(33,34)19-9-5-2-6-10-19/h1-12H,13-16H2,(H,28,31,32)/b20-11+. The van der Waals surface area contributed by atoms with Crippen LogP contribution < -0.4 is 15.0 Å². The van der Waals surface area contributed by atoms with Gasteiger partial charge in [0.15, 0.2) is 0 Å². The van der Waals surface area contributed by atoms with Gasteiger partial charge in [-0.1, -0.05) is 36.4 Å². The Morgan fingerprint density at radius 3 is 2.27 bits per heavy atom. The highest BCUT2D eigenvalue weighted by Gasteiger charge is 2.56. The summed E-state index contributed by atoms with van der Waals surface area (Å²) in [4.78, 5) is 35.2. The van der Waals surface area contributed by atoms with Gasteiger partial charge >= 0.3 is 0 Å². The molecule has 3 aromatic rings. The predicted octanol–water partition coefficient (Wildman–Crippen LogP) is 3.10. The van der Waals surface area contributed by atoms with Crippen molar-refractivity contribution in [2.24, 2.45) is 5.41 Å². The first-order valence-corrected chi connectivity index (χ1v) is 13.7. The van der Waals surface area contributed by atoms with Gasteiger partial charge in [0.25, 0.3) is 11.1 Å². The summed E-state index contributed by atoms with van der Waals surface area (Å²) in [6, 6.07) is 19.2. The first kappa shape index (κ1) is 23.6. The molecule has 1 aromatic heterocycles. The number of rotatable bonds is 6. The van der Waals surface area contributed by atoms with Crippen molar-refractivity contribution in [2.75, 3.05) is 31.1 Å². The molecule has 0 bridgehead atoms. The number of anilines is 1.